The summed E-state index contributed by atoms with van der Waals surface area (Å²) in [6, 6.07) is 1.61. The van der Waals surface area contributed by atoms with Crippen LogP contribution in [0.5, 0.6) is 5.88 Å². The molecule has 0 atom stereocenters. The maximum atomic E-state index is 5.93. The van der Waals surface area contributed by atoms with Gasteiger partial charge in [0.1, 0.15) is 11.9 Å². The average Bonchev–Trinajstić information content (AvgIpc) is 2.51. The molecule has 1 saturated heterocycles. The van der Waals surface area contributed by atoms with Gasteiger partial charge in [0.05, 0.1) is 18.1 Å². The zero-order chi connectivity index (χ0) is 15.5. The number of nitrogens with two attached hydrogens (primary N) is 2. The topological polar surface area (TPSA) is 103 Å². The van der Waals surface area contributed by atoms with Crippen LogP contribution in [-0.4, -0.2) is 46.1 Å². The van der Waals surface area contributed by atoms with Gasteiger partial charge in [-0.1, -0.05) is 0 Å². The summed E-state index contributed by atoms with van der Waals surface area (Å²) >= 11 is 0. The quantitative estimate of drug-likeness (QED) is 0.877. The standard InChI is InChI=1S/C15H20N6O/c1-21-4-2-10(3-5-21)22-15-9-18-13(8-20-15)11-7-19-14(17)6-12(11)16/h6-10H,2-5H2,1H3,(H4,16,17,19). The monoisotopic (exact) mass is 300 g/mol. The lowest BCUT2D eigenvalue weighted by molar-refractivity contribution is 0.109. The Morgan fingerprint density at radius 2 is 1.86 bits per heavy atom. The van der Waals surface area contributed by atoms with Gasteiger partial charge in [0, 0.05) is 36.6 Å². The maximum Gasteiger partial charge on any atom is 0.232 e. The van der Waals surface area contributed by atoms with Gasteiger partial charge in [-0.25, -0.2) is 15.0 Å². The van der Waals surface area contributed by atoms with E-state index in [9.17, 15) is 0 Å². The Balaban J connectivity index is 1.70. The molecule has 7 nitrogen and oxygen atoms in total. The van der Waals surface area contributed by atoms with Gasteiger partial charge in [0.2, 0.25) is 5.88 Å². The molecule has 3 rings (SSSR count). The van der Waals surface area contributed by atoms with Crippen molar-refractivity contribution in [2.24, 2.45) is 0 Å². The summed E-state index contributed by atoms with van der Waals surface area (Å²) in [5, 5.41) is 0. The van der Waals surface area contributed by atoms with Crippen LogP contribution in [0, 0.1) is 0 Å². The minimum atomic E-state index is 0.208. The predicted octanol–water partition coefficient (Wildman–Crippen LogP) is 1.18. The number of ether oxygens (including phenoxy) is 1. The minimum absolute atomic E-state index is 0.208. The van der Waals surface area contributed by atoms with Crippen molar-refractivity contribution >= 4 is 11.5 Å². The van der Waals surface area contributed by atoms with Crippen molar-refractivity contribution in [2.45, 2.75) is 18.9 Å². The van der Waals surface area contributed by atoms with Crippen LogP contribution in [0.25, 0.3) is 11.3 Å². The van der Waals surface area contributed by atoms with Crippen molar-refractivity contribution < 1.29 is 4.74 Å². The summed E-state index contributed by atoms with van der Waals surface area (Å²) in [7, 11) is 2.12. The van der Waals surface area contributed by atoms with Crippen molar-refractivity contribution in [3.63, 3.8) is 0 Å². The fourth-order valence-electron chi connectivity index (χ4n) is 2.49. The molecule has 22 heavy (non-hydrogen) atoms. The molecule has 2 aromatic rings. The molecule has 1 aliphatic rings. The van der Waals surface area contributed by atoms with Gasteiger partial charge >= 0.3 is 0 Å². The third-order valence-electron chi connectivity index (χ3n) is 3.81. The van der Waals surface area contributed by atoms with E-state index in [1.165, 1.54) is 0 Å². The lowest BCUT2D eigenvalue weighted by Crippen LogP contribution is -2.35. The summed E-state index contributed by atoms with van der Waals surface area (Å²) in [5.74, 6) is 0.928. The number of anilines is 2. The summed E-state index contributed by atoms with van der Waals surface area (Å²) in [6.45, 7) is 2.09. The molecule has 0 saturated carbocycles. The third kappa shape index (κ3) is 3.25. The molecule has 1 aliphatic heterocycles. The van der Waals surface area contributed by atoms with Crippen LogP contribution in [0.3, 0.4) is 0 Å². The number of nitrogen functional groups attached to an aromatic ring is 2. The van der Waals surface area contributed by atoms with Crippen LogP contribution in [0.15, 0.2) is 24.7 Å². The molecule has 116 valence electrons. The summed E-state index contributed by atoms with van der Waals surface area (Å²) in [5.41, 5.74) is 13.4. The molecule has 3 heterocycles. The highest BCUT2D eigenvalue weighted by atomic mass is 16.5. The average molecular weight is 300 g/mol. The first-order valence-electron chi connectivity index (χ1n) is 7.30. The van der Waals surface area contributed by atoms with Gasteiger partial charge in [-0.05, 0) is 19.9 Å². The summed E-state index contributed by atoms with van der Waals surface area (Å²) in [4.78, 5) is 15.0. The molecule has 0 aliphatic carbocycles. The van der Waals surface area contributed by atoms with Crippen LogP contribution in [-0.2, 0) is 0 Å². The Labute approximate surface area is 129 Å². The number of pyridine rings is 1. The van der Waals surface area contributed by atoms with Gasteiger partial charge in [-0.3, -0.25) is 0 Å². The van der Waals surface area contributed by atoms with Crippen molar-refractivity contribution in [3.8, 4) is 17.1 Å². The Hall–Kier alpha value is -2.41. The highest BCUT2D eigenvalue weighted by Gasteiger charge is 2.18. The van der Waals surface area contributed by atoms with Gasteiger partial charge in [0.25, 0.3) is 0 Å². The number of nitrogens with zero attached hydrogens (tertiary/aromatic N) is 4. The van der Waals surface area contributed by atoms with Crippen LogP contribution in [0.1, 0.15) is 12.8 Å². The second-order valence-electron chi connectivity index (χ2n) is 5.56. The predicted molar refractivity (Wildman–Crippen MR) is 85.2 cm³/mol. The molecule has 2 aromatic heterocycles. The number of rotatable bonds is 3. The molecular formula is C15H20N6O. The van der Waals surface area contributed by atoms with Gasteiger partial charge in [-0.2, -0.15) is 0 Å². The molecule has 4 N–H and O–H groups in total. The Morgan fingerprint density at radius 3 is 2.50 bits per heavy atom. The molecule has 0 aromatic carbocycles. The molecule has 0 spiro atoms. The zero-order valence-electron chi connectivity index (χ0n) is 12.6. The van der Waals surface area contributed by atoms with Crippen LogP contribution in [0.4, 0.5) is 11.5 Å². The highest BCUT2D eigenvalue weighted by molar-refractivity contribution is 5.74. The first kappa shape index (κ1) is 14.5. The minimum Gasteiger partial charge on any atom is -0.473 e. The van der Waals surface area contributed by atoms with E-state index < -0.39 is 0 Å². The molecule has 0 radical (unpaired) electrons. The number of likely N-dealkylation sites (tertiary alicyclic amines) is 1. The van der Waals surface area contributed by atoms with E-state index in [4.69, 9.17) is 16.2 Å². The Morgan fingerprint density at radius 1 is 1.09 bits per heavy atom. The normalized spacial score (nSPS) is 16.6. The Kier molecular flexibility index (Phi) is 4.06. The van der Waals surface area contributed by atoms with E-state index in [0.29, 0.717) is 28.6 Å². The molecule has 7 heteroatoms. The van der Waals surface area contributed by atoms with E-state index in [-0.39, 0.29) is 6.10 Å². The molecular weight excluding hydrogens is 280 g/mol. The van der Waals surface area contributed by atoms with Gasteiger partial charge in [-0.15, -0.1) is 0 Å². The van der Waals surface area contributed by atoms with Crippen LogP contribution in [0.2, 0.25) is 0 Å². The number of hydrogen-bond donors (Lipinski definition) is 2. The molecule has 0 bridgehead atoms. The highest BCUT2D eigenvalue weighted by Crippen LogP contribution is 2.25. The fourth-order valence-corrected chi connectivity index (χ4v) is 2.49. The van der Waals surface area contributed by atoms with Gasteiger partial charge < -0.3 is 21.1 Å². The van der Waals surface area contributed by atoms with Crippen LogP contribution < -0.4 is 16.2 Å². The first-order valence-corrected chi connectivity index (χ1v) is 7.30. The van der Waals surface area contributed by atoms with E-state index in [1.54, 1.807) is 24.7 Å². The number of hydrogen-bond acceptors (Lipinski definition) is 7. The maximum absolute atomic E-state index is 5.93. The Bertz CT molecular complexity index is 637. The van der Waals surface area contributed by atoms with Gasteiger partial charge in [0.15, 0.2) is 0 Å². The number of piperidine rings is 1. The third-order valence-corrected chi connectivity index (χ3v) is 3.81. The summed E-state index contributed by atoms with van der Waals surface area (Å²) < 4.78 is 5.88. The first-order chi connectivity index (χ1) is 10.6. The molecule has 1 fully saturated rings. The van der Waals surface area contributed by atoms with E-state index in [0.717, 1.165) is 25.9 Å². The second kappa shape index (κ2) is 6.15. The van der Waals surface area contributed by atoms with Crippen LogP contribution >= 0.6 is 0 Å². The van der Waals surface area contributed by atoms with E-state index in [2.05, 4.69) is 26.9 Å². The van der Waals surface area contributed by atoms with E-state index >= 15 is 0 Å². The van der Waals surface area contributed by atoms with Crippen molar-refractivity contribution in [3.05, 3.63) is 24.7 Å². The smallest absolute Gasteiger partial charge is 0.232 e. The van der Waals surface area contributed by atoms with Crippen molar-refractivity contribution in [1.29, 1.82) is 0 Å². The SMILES string of the molecule is CN1CCC(Oc2cnc(-c3cnc(N)cc3N)cn2)CC1. The molecule has 0 amide bonds. The largest absolute Gasteiger partial charge is 0.473 e. The van der Waals surface area contributed by atoms with E-state index in [1.807, 2.05) is 0 Å². The second-order valence-corrected chi connectivity index (χ2v) is 5.56. The molecule has 0 unspecified atom stereocenters. The van der Waals surface area contributed by atoms with Crippen molar-refractivity contribution in [2.75, 3.05) is 31.6 Å². The fraction of sp³-hybridized carbons (Fsp3) is 0.400. The zero-order valence-corrected chi connectivity index (χ0v) is 12.6. The summed E-state index contributed by atoms with van der Waals surface area (Å²) in [6.07, 6.45) is 7.10. The number of aromatic nitrogens is 3. The lowest BCUT2D eigenvalue weighted by Gasteiger charge is -2.28. The van der Waals surface area contributed by atoms with Crippen molar-refractivity contribution in [1.82, 2.24) is 19.9 Å². The lowest BCUT2D eigenvalue weighted by atomic mass is 10.1.